The molecule has 4 heteroatoms. The van der Waals surface area contributed by atoms with Crippen molar-refractivity contribution in [1.82, 2.24) is 9.88 Å². The molecule has 19 heavy (non-hydrogen) atoms. The summed E-state index contributed by atoms with van der Waals surface area (Å²) in [5.41, 5.74) is 9.05. The molecule has 0 radical (unpaired) electrons. The Bertz CT molecular complexity index is 596. The van der Waals surface area contributed by atoms with E-state index in [-0.39, 0.29) is 0 Å². The molecule has 0 spiro atoms. The van der Waals surface area contributed by atoms with Gasteiger partial charge < -0.3 is 15.5 Å². The van der Waals surface area contributed by atoms with Crippen LogP contribution in [-0.4, -0.2) is 42.6 Å². The minimum atomic E-state index is 0.560. The van der Waals surface area contributed by atoms with E-state index in [0.717, 1.165) is 36.2 Å². The Morgan fingerprint density at radius 1 is 1.26 bits per heavy atom. The van der Waals surface area contributed by atoms with Gasteiger partial charge in [0.05, 0.1) is 11.2 Å². The summed E-state index contributed by atoms with van der Waals surface area (Å²) in [6.07, 6.45) is 1.84. The summed E-state index contributed by atoms with van der Waals surface area (Å²) in [6, 6.07) is 8.63. The topological polar surface area (TPSA) is 45.4 Å². The number of benzene rings is 1. The molecule has 1 saturated heterocycles. The molecule has 3 rings (SSSR count). The molecule has 2 aromatic rings. The maximum absolute atomic E-state index is 6.04. The van der Waals surface area contributed by atoms with E-state index in [2.05, 4.69) is 34.8 Å². The fourth-order valence-electron chi connectivity index (χ4n) is 2.70. The van der Waals surface area contributed by atoms with Gasteiger partial charge >= 0.3 is 0 Å². The van der Waals surface area contributed by atoms with Gasteiger partial charge in [0, 0.05) is 42.9 Å². The predicted molar refractivity (Wildman–Crippen MR) is 80.5 cm³/mol. The van der Waals surface area contributed by atoms with Gasteiger partial charge in [-0.05, 0) is 38.2 Å². The van der Waals surface area contributed by atoms with Crippen molar-refractivity contribution in [3.05, 3.63) is 30.5 Å². The first kappa shape index (κ1) is 12.2. The van der Waals surface area contributed by atoms with Crippen LogP contribution in [0.3, 0.4) is 0 Å². The Kier molecular flexibility index (Phi) is 3.03. The molecule has 1 aliphatic rings. The summed E-state index contributed by atoms with van der Waals surface area (Å²) in [5, 5.41) is 1.05. The first-order valence-electron chi connectivity index (χ1n) is 6.75. The third kappa shape index (κ3) is 2.12. The van der Waals surface area contributed by atoms with Crippen LogP contribution in [0.2, 0.25) is 0 Å². The van der Waals surface area contributed by atoms with Crippen LogP contribution in [0.4, 0.5) is 11.4 Å². The fourth-order valence-corrected chi connectivity index (χ4v) is 2.70. The number of likely N-dealkylation sites (N-methyl/N-ethyl adjacent to an activating group) is 1. The third-order valence-electron chi connectivity index (χ3n) is 4.08. The van der Waals surface area contributed by atoms with Gasteiger partial charge in [0.1, 0.15) is 0 Å². The third-order valence-corrected chi connectivity index (χ3v) is 4.08. The van der Waals surface area contributed by atoms with E-state index in [9.17, 15) is 0 Å². The van der Waals surface area contributed by atoms with E-state index in [1.165, 1.54) is 5.69 Å². The largest absolute Gasteiger partial charge is 0.398 e. The molecule has 0 aliphatic carbocycles. The number of hydrogen-bond acceptors (Lipinski definition) is 4. The lowest BCUT2D eigenvalue weighted by Gasteiger charge is -2.39. The highest BCUT2D eigenvalue weighted by atomic mass is 15.3. The highest BCUT2D eigenvalue weighted by Crippen LogP contribution is 2.30. The van der Waals surface area contributed by atoms with Crippen LogP contribution in [0.15, 0.2) is 30.5 Å². The first-order valence-corrected chi connectivity index (χ1v) is 6.75. The number of nitrogens with two attached hydrogens (primary N) is 1. The number of anilines is 2. The summed E-state index contributed by atoms with van der Waals surface area (Å²) >= 11 is 0. The Hall–Kier alpha value is -1.81. The first-order chi connectivity index (χ1) is 9.16. The fraction of sp³-hybridized carbons (Fsp3) is 0.400. The quantitative estimate of drug-likeness (QED) is 0.792. The number of hydrogen-bond donors (Lipinski definition) is 1. The standard InChI is InChI=1S/C15H20N4/c1-11-10-19(9-8-18(11)2)14-6-5-13(16)12-4-3-7-17-15(12)14/h3-7,11H,8-10,16H2,1-2H3. The van der Waals surface area contributed by atoms with Crippen molar-refractivity contribution in [2.75, 3.05) is 37.3 Å². The minimum absolute atomic E-state index is 0.560. The van der Waals surface area contributed by atoms with Gasteiger partial charge in [-0.1, -0.05) is 0 Å². The summed E-state index contributed by atoms with van der Waals surface area (Å²) in [4.78, 5) is 9.33. The molecule has 100 valence electrons. The molecule has 0 bridgehead atoms. The summed E-state index contributed by atoms with van der Waals surface area (Å²) in [7, 11) is 2.18. The van der Waals surface area contributed by atoms with Gasteiger partial charge in [0.25, 0.3) is 0 Å². The average molecular weight is 256 g/mol. The molecule has 0 saturated carbocycles. The molecular formula is C15H20N4. The van der Waals surface area contributed by atoms with E-state index in [4.69, 9.17) is 5.73 Å². The van der Waals surface area contributed by atoms with Crippen molar-refractivity contribution in [2.45, 2.75) is 13.0 Å². The SMILES string of the molecule is CC1CN(c2ccc(N)c3cccnc23)CCN1C. The highest BCUT2D eigenvalue weighted by molar-refractivity contribution is 5.98. The van der Waals surface area contributed by atoms with E-state index in [0.29, 0.717) is 6.04 Å². The lowest BCUT2D eigenvalue weighted by molar-refractivity contribution is 0.234. The second-order valence-corrected chi connectivity index (χ2v) is 5.35. The number of nitrogen functional groups attached to an aromatic ring is 1. The van der Waals surface area contributed by atoms with Gasteiger partial charge in [-0.25, -0.2) is 0 Å². The van der Waals surface area contributed by atoms with Crippen LogP contribution >= 0.6 is 0 Å². The van der Waals surface area contributed by atoms with Crippen molar-refractivity contribution in [2.24, 2.45) is 0 Å². The molecule has 2 N–H and O–H groups in total. The second-order valence-electron chi connectivity index (χ2n) is 5.35. The minimum Gasteiger partial charge on any atom is -0.398 e. The molecule has 1 unspecified atom stereocenters. The van der Waals surface area contributed by atoms with Gasteiger partial charge in [-0.2, -0.15) is 0 Å². The predicted octanol–water partition coefficient (Wildman–Crippen LogP) is 1.96. The van der Waals surface area contributed by atoms with E-state index < -0.39 is 0 Å². The Morgan fingerprint density at radius 3 is 2.89 bits per heavy atom. The molecule has 1 aromatic heterocycles. The smallest absolute Gasteiger partial charge is 0.0955 e. The van der Waals surface area contributed by atoms with Crippen molar-refractivity contribution < 1.29 is 0 Å². The molecular weight excluding hydrogens is 236 g/mol. The van der Waals surface area contributed by atoms with Crippen LogP contribution in [0.25, 0.3) is 10.9 Å². The van der Waals surface area contributed by atoms with Crippen molar-refractivity contribution in [1.29, 1.82) is 0 Å². The normalized spacial score (nSPS) is 20.9. The summed E-state index contributed by atoms with van der Waals surface area (Å²) in [5.74, 6) is 0. The van der Waals surface area contributed by atoms with Crippen LogP contribution in [0, 0.1) is 0 Å². The van der Waals surface area contributed by atoms with Gasteiger partial charge in [-0.15, -0.1) is 0 Å². The second kappa shape index (κ2) is 4.70. The molecule has 2 heterocycles. The van der Waals surface area contributed by atoms with Gasteiger partial charge in [0.2, 0.25) is 0 Å². The van der Waals surface area contributed by atoms with Crippen molar-refractivity contribution in [3.8, 4) is 0 Å². The lowest BCUT2D eigenvalue weighted by atomic mass is 10.1. The number of aromatic nitrogens is 1. The molecule has 4 nitrogen and oxygen atoms in total. The van der Waals surface area contributed by atoms with Crippen molar-refractivity contribution in [3.63, 3.8) is 0 Å². The molecule has 1 atom stereocenters. The van der Waals surface area contributed by atoms with Gasteiger partial charge in [-0.3, -0.25) is 4.98 Å². The maximum Gasteiger partial charge on any atom is 0.0955 e. The van der Waals surface area contributed by atoms with E-state index in [1.807, 2.05) is 24.4 Å². The number of fused-ring (bicyclic) bond motifs is 1. The van der Waals surface area contributed by atoms with Crippen LogP contribution in [-0.2, 0) is 0 Å². The number of piperazine rings is 1. The van der Waals surface area contributed by atoms with Crippen LogP contribution in [0.1, 0.15) is 6.92 Å². The zero-order chi connectivity index (χ0) is 13.4. The van der Waals surface area contributed by atoms with Crippen molar-refractivity contribution >= 4 is 22.3 Å². The highest BCUT2D eigenvalue weighted by Gasteiger charge is 2.22. The maximum atomic E-state index is 6.04. The Labute approximate surface area is 113 Å². The zero-order valence-electron chi connectivity index (χ0n) is 11.5. The average Bonchev–Trinajstić information content (AvgIpc) is 2.43. The number of nitrogens with zero attached hydrogens (tertiary/aromatic N) is 3. The Balaban J connectivity index is 2.04. The Morgan fingerprint density at radius 2 is 2.11 bits per heavy atom. The molecule has 1 aromatic carbocycles. The summed E-state index contributed by atoms with van der Waals surface area (Å²) < 4.78 is 0. The van der Waals surface area contributed by atoms with Crippen LogP contribution < -0.4 is 10.6 Å². The summed E-state index contributed by atoms with van der Waals surface area (Å²) in [6.45, 7) is 5.42. The van der Waals surface area contributed by atoms with E-state index >= 15 is 0 Å². The molecule has 1 fully saturated rings. The monoisotopic (exact) mass is 256 g/mol. The lowest BCUT2D eigenvalue weighted by Crippen LogP contribution is -2.50. The zero-order valence-corrected chi connectivity index (χ0v) is 11.5. The van der Waals surface area contributed by atoms with Gasteiger partial charge in [0.15, 0.2) is 0 Å². The van der Waals surface area contributed by atoms with E-state index in [1.54, 1.807) is 0 Å². The molecule has 1 aliphatic heterocycles. The van der Waals surface area contributed by atoms with Crippen LogP contribution in [0.5, 0.6) is 0 Å². The number of pyridine rings is 1. The molecule has 0 amide bonds. The number of rotatable bonds is 1.